The summed E-state index contributed by atoms with van der Waals surface area (Å²) < 4.78 is 20.6. The van der Waals surface area contributed by atoms with Crippen LogP contribution in [-0.4, -0.2) is 45.1 Å². The van der Waals surface area contributed by atoms with Gasteiger partial charge >= 0.3 is 0 Å². The van der Waals surface area contributed by atoms with Crippen LogP contribution in [0.3, 0.4) is 0 Å². The van der Waals surface area contributed by atoms with Gasteiger partial charge in [-0.05, 0) is 6.92 Å². The van der Waals surface area contributed by atoms with Gasteiger partial charge in [0.25, 0.3) is 0 Å². The smallest absolute Gasteiger partial charge is 0.202 e. The van der Waals surface area contributed by atoms with Crippen molar-refractivity contribution in [1.82, 2.24) is 0 Å². The Morgan fingerprint density at radius 2 is 1.55 bits per heavy atom. The van der Waals surface area contributed by atoms with Crippen LogP contribution >= 0.6 is 0 Å². The Morgan fingerprint density at radius 3 is 1.90 bits per heavy atom. The third-order valence-electron chi connectivity index (χ3n) is 3.11. The summed E-state index contributed by atoms with van der Waals surface area (Å²) >= 11 is 0. The Bertz CT molecular complexity index is 526. The molecule has 0 aliphatic carbocycles. The molecule has 1 aromatic rings. The summed E-state index contributed by atoms with van der Waals surface area (Å²) in [5, 5.41) is 0. The molecule has 2 unspecified atom stereocenters. The van der Waals surface area contributed by atoms with Crippen LogP contribution < -0.4 is 14.2 Å². The SMILES string of the molecule is COc1cc(OC)c(C(=O)C2OC2C(C)=O)c(OC)c1. The van der Waals surface area contributed by atoms with Crippen LogP contribution in [0.5, 0.6) is 17.2 Å². The van der Waals surface area contributed by atoms with Crippen LogP contribution in [0.4, 0.5) is 0 Å². The second kappa shape index (κ2) is 5.50. The first kappa shape index (κ1) is 14.3. The molecule has 0 radical (unpaired) electrons. The highest BCUT2D eigenvalue weighted by molar-refractivity contribution is 6.09. The van der Waals surface area contributed by atoms with E-state index >= 15 is 0 Å². The minimum Gasteiger partial charge on any atom is -0.496 e. The molecule has 1 aliphatic rings. The molecule has 1 saturated heterocycles. The topological polar surface area (TPSA) is 74.4 Å². The van der Waals surface area contributed by atoms with Gasteiger partial charge in [-0.2, -0.15) is 0 Å². The normalized spacial score (nSPS) is 20.2. The lowest BCUT2D eigenvalue weighted by Crippen LogP contribution is -2.16. The van der Waals surface area contributed by atoms with Crippen molar-refractivity contribution in [3.05, 3.63) is 17.7 Å². The zero-order valence-corrected chi connectivity index (χ0v) is 11.8. The monoisotopic (exact) mass is 280 g/mol. The van der Waals surface area contributed by atoms with E-state index in [0.717, 1.165) is 0 Å². The minimum atomic E-state index is -0.760. The van der Waals surface area contributed by atoms with Crippen molar-refractivity contribution in [1.29, 1.82) is 0 Å². The van der Waals surface area contributed by atoms with Gasteiger partial charge in [-0.15, -0.1) is 0 Å². The second-order valence-electron chi connectivity index (χ2n) is 4.36. The number of benzene rings is 1. The number of rotatable bonds is 6. The average molecular weight is 280 g/mol. The van der Waals surface area contributed by atoms with Crippen molar-refractivity contribution in [2.75, 3.05) is 21.3 Å². The zero-order chi connectivity index (χ0) is 14.9. The van der Waals surface area contributed by atoms with E-state index in [1.165, 1.54) is 28.3 Å². The molecular formula is C14H16O6. The van der Waals surface area contributed by atoms with Crippen LogP contribution in [0.2, 0.25) is 0 Å². The van der Waals surface area contributed by atoms with E-state index in [9.17, 15) is 9.59 Å². The molecule has 20 heavy (non-hydrogen) atoms. The Hall–Kier alpha value is -2.08. The number of Topliss-reactive ketones (excluding diaryl/α,β-unsaturated/α-hetero) is 2. The molecule has 0 saturated carbocycles. The van der Waals surface area contributed by atoms with Gasteiger partial charge in [-0.25, -0.2) is 0 Å². The Kier molecular flexibility index (Phi) is 3.94. The maximum Gasteiger partial charge on any atom is 0.202 e. The van der Waals surface area contributed by atoms with E-state index in [0.29, 0.717) is 17.2 Å². The van der Waals surface area contributed by atoms with E-state index < -0.39 is 12.2 Å². The van der Waals surface area contributed by atoms with E-state index in [1.54, 1.807) is 12.1 Å². The molecule has 2 atom stereocenters. The fourth-order valence-corrected chi connectivity index (χ4v) is 2.01. The molecule has 0 aromatic heterocycles. The lowest BCUT2D eigenvalue weighted by Gasteiger charge is -2.13. The highest BCUT2D eigenvalue weighted by Gasteiger charge is 2.49. The summed E-state index contributed by atoms with van der Waals surface area (Å²) in [6.45, 7) is 1.39. The van der Waals surface area contributed by atoms with Gasteiger partial charge in [-0.1, -0.05) is 0 Å². The predicted molar refractivity (Wildman–Crippen MR) is 69.8 cm³/mol. The van der Waals surface area contributed by atoms with Crippen LogP contribution in [0.25, 0.3) is 0 Å². The standard InChI is InChI=1S/C14H16O6/c1-7(15)13-14(20-13)12(16)11-9(18-3)5-8(17-2)6-10(11)19-4/h5-6,13-14H,1-4H3. The number of ketones is 2. The molecule has 1 fully saturated rings. The van der Waals surface area contributed by atoms with E-state index in [4.69, 9.17) is 18.9 Å². The molecule has 108 valence electrons. The number of hydrogen-bond acceptors (Lipinski definition) is 6. The number of ether oxygens (including phenoxy) is 4. The lowest BCUT2D eigenvalue weighted by atomic mass is 10.0. The van der Waals surface area contributed by atoms with Crippen molar-refractivity contribution in [3.8, 4) is 17.2 Å². The summed E-state index contributed by atoms with van der Waals surface area (Å²) in [5.41, 5.74) is 0.254. The van der Waals surface area contributed by atoms with Gasteiger partial charge in [-0.3, -0.25) is 9.59 Å². The summed E-state index contributed by atoms with van der Waals surface area (Å²) in [4.78, 5) is 23.6. The zero-order valence-electron chi connectivity index (χ0n) is 11.8. The Morgan fingerprint density at radius 1 is 1.00 bits per heavy atom. The first-order chi connectivity index (χ1) is 9.53. The quantitative estimate of drug-likeness (QED) is 0.576. The van der Waals surface area contributed by atoms with Gasteiger partial charge < -0.3 is 18.9 Å². The van der Waals surface area contributed by atoms with Crippen molar-refractivity contribution in [3.63, 3.8) is 0 Å². The molecule has 1 aliphatic heterocycles. The highest BCUT2D eigenvalue weighted by Crippen LogP contribution is 2.38. The molecule has 0 bridgehead atoms. The van der Waals surface area contributed by atoms with Crippen molar-refractivity contribution in [2.24, 2.45) is 0 Å². The summed E-state index contributed by atoms with van der Waals surface area (Å²) in [6.07, 6.45) is -1.43. The van der Waals surface area contributed by atoms with Gasteiger partial charge in [0.15, 0.2) is 18.0 Å². The van der Waals surface area contributed by atoms with Gasteiger partial charge in [0.1, 0.15) is 22.8 Å². The number of hydrogen-bond donors (Lipinski definition) is 0. The maximum atomic E-state index is 12.4. The van der Waals surface area contributed by atoms with Crippen LogP contribution in [0.15, 0.2) is 12.1 Å². The molecule has 1 aromatic carbocycles. The van der Waals surface area contributed by atoms with Gasteiger partial charge in [0.2, 0.25) is 5.78 Å². The third kappa shape index (κ3) is 2.46. The average Bonchev–Trinajstić information content (AvgIpc) is 3.25. The fourth-order valence-electron chi connectivity index (χ4n) is 2.01. The van der Waals surface area contributed by atoms with Crippen molar-refractivity contribution >= 4 is 11.6 Å². The van der Waals surface area contributed by atoms with Crippen molar-refractivity contribution < 1.29 is 28.5 Å². The number of epoxide rings is 1. The van der Waals surface area contributed by atoms with Gasteiger partial charge in [0.05, 0.1) is 21.3 Å². The fraction of sp³-hybridized carbons (Fsp3) is 0.429. The summed E-state index contributed by atoms with van der Waals surface area (Å²) in [7, 11) is 4.40. The predicted octanol–water partition coefficient (Wildman–Crippen LogP) is 1.25. The second-order valence-corrected chi connectivity index (χ2v) is 4.36. The van der Waals surface area contributed by atoms with Gasteiger partial charge in [0, 0.05) is 12.1 Å². The maximum absolute atomic E-state index is 12.4. The first-order valence-corrected chi connectivity index (χ1v) is 6.03. The molecule has 0 amide bonds. The molecule has 0 N–H and O–H groups in total. The number of carbonyl (C=O) groups excluding carboxylic acids is 2. The van der Waals surface area contributed by atoms with E-state index in [-0.39, 0.29) is 17.1 Å². The van der Waals surface area contributed by atoms with Crippen LogP contribution in [0.1, 0.15) is 17.3 Å². The lowest BCUT2D eigenvalue weighted by molar-refractivity contribution is -0.118. The molecule has 1 heterocycles. The first-order valence-electron chi connectivity index (χ1n) is 6.03. The van der Waals surface area contributed by atoms with Crippen LogP contribution in [0, 0.1) is 0 Å². The molecule has 6 heteroatoms. The molecule has 0 spiro atoms. The highest BCUT2D eigenvalue weighted by atomic mass is 16.6. The Labute approximate surface area is 116 Å². The van der Waals surface area contributed by atoms with E-state index in [2.05, 4.69) is 0 Å². The van der Waals surface area contributed by atoms with E-state index in [1.807, 2.05) is 0 Å². The van der Waals surface area contributed by atoms with Crippen molar-refractivity contribution in [2.45, 2.75) is 19.1 Å². The molecular weight excluding hydrogens is 264 g/mol. The third-order valence-corrected chi connectivity index (χ3v) is 3.11. The Balaban J connectivity index is 2.40. The molecule has 2 rings (SSSR count). The minimum absolute atomic E-state index is 0.171. The summed E-state index contributed by atoms with van der Waals surface area (Å²) in [6, 6.07) is 3.17. The number of carbonyl (C=O) groups is 2. The largest absolute Gasteiger partial charge is 0.496 e. The number of methoxy groups -OCH3 is 3. The summed E-state index contributed by atoms with van der Waals surface area (Å²) in [5.74, 6) is 0.652. The molecule has 6 nitrogen and oxygen atoms in total. The van der Waals surface area contributed by atoms with Crippen LogP contribution in [-0.2, 0) is 9.53 Å².